The van der Waals surface area contributed by atoms with Crippen LogP contribution in [0.4, 0.5) is 17.3 Å². The van der Waals surface area contributed by atoms with Crippen molar-refractivity contribution in [1.29, 1.82) is 0 Å². The second-order valence-corrected chi connectivity index (χ2v) is 5.09. The predicted octanol–water partition coefficient (Wildman–Crippen LogP) is 3.02. The minimum atomic E-state index is -0.388. The minimum absolute atomic E-state index is 0.0646. The van der Waals surface area contributed by atoms with Gasteiger partial charge in [-0.1, -0.05) is 6.92 Å². The highest BCUT2D eigenvalue weighted by Crippen LogP contribution is 2.48. The van der Waals surface area contributed by atoms with Crippen molar-refractivity contribution >= 4 is 17.3 Å². The van der Waals surface area contributed by atoms with Gasteiger partial charge in [-0.15, -0.1) is 0 Å². The SMILES string of the molecule is CCNc1cc([N+](=O)[O-])cc(NCC2(CC)CC2)n1. The summed E-state index contributed by atoms with van der Waals surface area (Å²) in [5.41, 5.74) is 0.444. The Morgan fingerprint density at radius 2 is 1.95 bits per heavy atom. The topological polar surface area (TPSA) is 80.1 Å². The second kappa shape index (κ2) is 5.42. The first kappa shape index (κ1) is 13.6. The summed E-state index contributed by atoms with van der Waals surface area (Å²) in [4.78, 5) is 14.9. The highest BCUT2D eigenvalue weighted by Gasteiger charge is 2.40. The number of anilines is 2. The molecule has 1 heterocycles. The fourth-order valence-electron chi connectivity index (χ4n) is 2.09. The van der Waals surface area contributed by atoms with Crippen LogP contribution < -0.4 is 10.6 Å². The molecular formula is C13H20N4O2. The molecule has 1 aliphatic carbocycles. The third-order valence-electron chi connectivity index (χ3n) is 3.73. The molecule has 19 heavy (non-hydrogen) atoms. The van der Waals surface area contributed by atoms with Crippen molar-refractivity contribution in [2.24, 2.45) is 5.41 Å². The van der Waals surface area contributed by atoms with E-state index in [1.54, 1.807) is 0 Å². The second-order valence-electron chi connectivity index (χ2n) is 5.09. The molecule has 1 aromatic rings. The van der Waals surface area contributed by atoms with Crippen LogP contribution in [0.15, 0.2) is 12.1 Å². The zero-order valence-electron chi connectivity index (χ0n) is 11.4. The van der Waals surface area contributed by atoms with E-state index in [9.17, 15) is 10.1 Å². The monoisotopic (exact) mass is 264 g/mol. The van der Waals surface area contributed by atoms with Gasteiger partial charge in [0.25, 0.3) is 5.69 Å². The molecule has 0 aromatic carbocycles. The number of nitro groups is 1. The maximum Gasteiger partial charge on any atom is 0.276 e. The van der Waals surface area contributed by atoms with Crippen LogP contribution in [-0.4, -0.2) is 23.0 Å². The number of nitrogens with zero attached hydrogens (tertiary/aromatic N) is 2. The van der Waals surface area contributed by atoms with Gasteiger partial charge in [0, 0.05) is 13.1 Å². The number of nitrogens with one attached hydrogen (secondary N) is 2. The van der Waals surface area contributed by atoms with Crippen molar-refractivity contribution in [3.05, 3.63) is 22.2 Å². The first-order chi connectivity index (χ1) is 9.08. The molecule has 0 radical (unpaired) electrons. The number of aromatic nitrogens is 1. The zero-order valence-corrected chi connectivity index (χ0v) is 11.4. The summed E-state index contributed by atoms with van der Waals surface area (Å²) < 4.78 is 0. The lowest BCUT2D eigenvalue weighted by atomic mass is 10.0. The molecule has 0 unspecified atom stereocenters. The van der Waals surface area contributed by atoms with Gasteiger partial charge in [0.05, 0.1) is 17.1 Å². The zero-order chi connectivity index (χ0) is 13.9. The first-order valence-electron chi connectivity index (χ1n) is 6.73. The van der Waals surface area contributed by atoms with Crippen LogP contribution >= 0.6 is 0 Å². The molecule has 1 fully saturated rings. The maximum absolute atomic E-state index is 10.9. The molecule has 2 N–H and O–H groups in total. The van der Waals surface area contributed by atoms with E-state index in [0.717, 1.165) is 13.0 Å². The molecule has 1 aliphatic rings. The molecule has 2 rings (SSSR count). The molecule has 0 amide bonds. The smallest absolute Gasteiger partial charge is 0.276 e. The molecule has 0 atom stereocenters. The van der Waals surface area contributed by atoms with Crippen LogP contribution in [-0.2, 0) is 0 Å². The van der Waals surface area contributed by atoms with Gasteiger partial charge < -0.3 is 10.6 Å². The van der Waals surface area contributed by atoms with E-state index in [4.69, 9.17) is 0 Å². The highest BCUT2D eigenvalue weighted by atomic mass is 16.6. The standard InChI is InChI=1S/C13H20N4O2/c1-3-13(5-6-13)9-15-12-8-10(17(18)19)7-11(16-12)14-4-2/h7-8H,3-6,9H2,1-2H3,(H2,14,15,16). The Bertz CT molecular complexity index is 472. The largest absolute Gasteiger partial charge is 0.370 e. The van der Waals surface area contributed by atoms with Crippen LogP contribution in [0.25, 0.3) is 0 Å². The van der Waals surface area contributed by atoms with Crippen molar-refractivity contribution in [3.63, 3.8) is 0 Å². The van der Waals surface area contributed by atoms with Gasteiger partial charge in [-0.2, -0.15) is 0 Å². The lowest BCUT2D eigenvalue weighted by molar-refractivity contribution is -0.384. The van der Waals surface area contributed by atoms with Gasteiger partial charge in [-0.05, 0) is 31.6 Å². The van der Waals surface area contributed by atoms with Gasteiger partial charge in [0.1, 0.15) is 11.6 Å². The van der Waals surface area contributed by atoms with Crippen molar-refractivity contribution in [3.8, 4) is 0 Å². The molecule has 1 saturated carbocycles. The van der Waals surface area contributed by atoms with E-state index in [-0.39, 0.29) is 10.6 Å². The fraction of sp³-hybridized carbons (Fsp3) is 0.615. The van der Waals surface area contributed by atoms with E-state index in [1.807, 2.05) is 6.92 Å². The summed E-state index contributed by atoms with van der Waals surface area (Å²) in [6, 6.07) is 2.95. The Labute approximate surface area is 112 Å². The number of rotatable bonds is 7. The Morgan fingerprint density at radius 1 is 1.32 bits per heavy atom. The van der Waals surface area contributed by atoms with Crippen LogP contribution in [0.2, 0.25) is 0 Å². The Balaban J connectivity index is 2.11. The Morgan fingerprint density at radius 3 is 2.42 bits per heavy atom. The van der Waals surface area contributed by atoms with Gasteiger partial charge in [0.15, 0.2) is 0 Å². The van der Waals surface area contributed by atoms with Crippen LogP contribution in [0.3, 0.4) is 0 Å². The number of pyridine rings is 1. The fourth-order valence-corrected chi connectivity index (χ4v) is 2.09. The summed E-state index contributed by atoms with van der Waals surface area (Å²) in [7, 11) is 0. The van der Waals surface area contributed by atoms with E-state index >= 15 is 0 Å². The van der Waals surface area contributed by atoms with Crippen molar-refractivity contribution in [1.82, 2.24) is 4.98 Å². The minimum Gasteiger partial charge on any atom is -0.370 e. The molecule has 0 bridgehead atoms. The molecule has 1 aromatic heterocycles. The average molecular weight is 264 g/mol. The quantitative estimate of drug-likeness (QED) is 0.584. The van der Waals surface area contributed by atoms with E-state index in [1.165, 1.54) is 25.0 Å². The summed E-state index contributed by atoms with van der Waals surface area (Å²) in [5, 5.41) is 17.2. The van der Waals surface area contributed by atoms with Gasteiger partial charge >= 0.3 is 0 Å². The van der Waals surface area contributed by atoms with E-state index in [0.29, 0.717) is 23.6 Å². The molecule has 0 aliphatic heterocycles. The Hall–Kier alpha value is -1.85. The van der Waals surface area contributed by atoms with Crippen molar-refractivity contribution in [2.75, 3.05) is 23.7 Å². The summed E-state index contributed by atoms with van der Waals surface area (Å²) in [6.45, 7) is 5.64. The van der Waals surface area contributed by atoms with Crippen molar-refractivity contribution in [2.45, 2.75) is 33.1 Å². The maximum atomic E-state index is 10.9. The Kier molecular flexibility index (Phi) is 3.87. The molecule has 6 nitrogen and oxygen atoms in total. The third kappa shape index (κ3) is 3.33. The number of hydrogen-bond donors (Lipinski definition) is 2. The lowest BCUT2D eigenvalue weighted by Crippen LogP contribution is -2.15. The van der Waals surface area contributed by atoms with Crippen LogP contribution in [0, 0.1) is 15.5 Å². The van der Waals surface area contributed by atoms with E-state index in [2.05, 4.69) is 22.5 Å². The summed E-state index contributed by atoms with van der Waals surface area (Å²) >= 11 is 0. The predicted molar refractivity (Wildman–Crippen MR) is 75.5 cm³/mol. The van der Waals surface area contributed by atoms with E-state index < -0.39 is 0 Å². The average Bonchev–Trinajstić information content (AvgIpc) is 3.17. The van der Waals surface area contributed by atoms with Gasteiger partial charge in [0.2, 0.25) is 0 Å². The molecule has 6 heteroatoms. The lowest BCUT2D eigenvalue weighted by Gasteiger charge is -2.14. The van der Waals surface area contributed by atoms with Gasteiger partial charge in [-0.3, -0.25) is 10.1 Å². The van der Waals surface area contributed by atoms with Gasteiger partial charge in [-0.25, -0.2) is 4.98 Å². The van der Waals surface area contributed by atoms with Crippen molar-refractivity contribution < 1.29 is 4.92 Å². The molecule has 0 spiro atoms. The van der Waals surface area contributed by atoms with Crippen LogP contribution in [0.1, 0.15) is 33.1 Å². The highest BCUT2D eigenvalue weighted by molar-refractivity contribution is 5.54. The third-order valence-corrected chi connectivity index (χ3v) is 3.73. The summed E-state index contributed by atoms with van der Waals surface area (Å²) in [6.07, 6.45) is 3.59. The first-order valence-corrected chi connectivity index (χ1v) is 6.73. The molecule has 104 valence electrons. The summed E-state index contributed by atoms with van der Waals surface area (Å²) in [5.74, 6) is 1.12. The van der Waals surface area contributed by atoms with Crippen LogP contribution in [0.5, 0.6) is 0 Å². The molecule has 0 saturated heterocycles. The number of hydrogen-bond acceptors (Lipinski definition) is 5. The molecular weight excluding hydrogens is 244 g/mol. The normalized spacial score (nSPS) is 15.9.